The molecule has 0 saturated heterocycles. The van der Waals surface area contributed by atoms with Crippen molar-refractivity contribution in [3.8, 4) is 0 Å². The van der Waals surface area contributed by atoms with Gasteiger partial charge in [0.05, 0.1) is 5.75 Å². The highest BCUT2D eigenvalue weighted by molar-refractivity contribution is 7.99. The van der Waals surface area contributed by atoms with E-state index in [-0.39, 0.29) is 11.7 Å². The molecule has 19 heavy (non-hydrogen) atoms. The molecular formula is C13H17NO4S. The minimum Gasteiger partial charge on any atom is -0.481 e. The van der Waals surface area contributed by atoms with Crippen LogP contribution in [0, 0.1) is 0 Å². The fourth-order valence-corrected chi connectivity index (χ4v) is 2.09. The van der Waals surface area contributed by atoms with Gasteiger partial charge in [0, 0.05) is 19.4 Å². The molecule has 0 aromatic heterocycles. The molecule has 1 aromatic rings. The van der Waals surface area contributed by atoms with Gasteiger partial charge in [-0.25, -0.2) is 0 Å². The summed E-state index contributed by atoms with van der Waals surface area (Å²) in [5, 5.41) is 11.2. The Hall–Kier alpha value is -1.53. The minimum atomic E-state index is -0.851. The molecule has 0 aliphatic carbocycles. The summed E-state index contributed by atoms with van der Waals surface area (Å²) in [5.41, 5.74) is 0.792. The maximum atomic E-state index is 11.9. The number of carbonyl (C=O) groups is 2. The van der Waals surface area contributed by atoms with Gasteiger partial charge >= 0.3 is 5.97 Å². The van der Waals surface area contributed by atoms with Crippen molar-refractivity contribution in [2.24, 2.45) is 0 Å². The zero-order valence-corrected chi connectivity index (χ0v) is 11.5. The Bertz CT molecular complexity index is 410. The molecule has 2 N–H and O–H groups in total. The van der Waals surface area contributed by atoms with E-state index in [4.69, 9.17) is 9.84 Å². The number of carbonyl (C=O) groups excluding carboxylic acids is 1. The molecule has 1 amide bonds. The van der Waals surface area contributed by atoms with Gasteiger partial charge in [-0.05, 0) is 5.56 Å². The lowest BCUT2D eigenvalue weighted by Crippen LogP contribution is -2.32. The van der Waals surface area contributed by atoms with E-state index in [9.17, 15) is 9.59 Å². The van der Waals surface area contributed by atoms with Gasteiger partial charge in [0.2, 0.25) is 0 Å². The van der Waals surface area contributed by atoms with Crippen molar-refractivity contribution in [1.82, 2.24) is 5.32 Å². The fourth-order valence-electron chi connectivity index (χ4n) is 1.52. The maximum absolute atomic E-state index is 11.9. The van der Waals surface area contributed by atoms with E-state index in [1.165, 1.54) is 18.9 Å². The average Bonchev–Trinajstić information content (AvgIpc) is 2.40. The van der Waals surface area contributed by atoms with E-state index < -0.39 is 12.1 Å². The van der Waals surface area contributed by atoms with Gasteiger partial charge in [0.25, 0.3) is 5.91 Å². The fraction of sp³-hybridized carbons (Fsp3) is 0.385. The van der Waals surface area contributed by atoms with Crippen molar-refractivity contribution in [2.75, 3.05) is 25.2 Å². The molecule has 104 valence electrons. The van der Waals surface area contributed by atoms with Crippen LogP contribution in [0.5, 0.6) is 0 Å². The Balaban J connectivity index is 2.37. The maximum Gasteiger partial charge on any atom is 0.313 e. The number of ether oxygens (including phenoxy) is 1. The predicted octanol–water partition coefficient (Wildman–Crippen LogP) is 1.31. The molecule has 6 heteroatoms. The zero-order valence-electron chi connectivity index (χ0n) is 10.7. The van der Waals surface area contributed by atoms with E-state index in [0.717, 1.165) is 5.56 Å². The first-order valence-corrected chi connectivity index (χ1v) is 6.95. The number of thioether (sulfide) groups is 1. The second-order valence-corrected chi connectivity index (χ2v) is 4.87. The Labute approximate surface area is 116 Å². The number of benzene rings is 1. The Kier molecular flexibility index (Phi) is 6.99. The van der Waals surface area contributed by atoms with Crippen LogP contribution < -0.4 is 5.32 Å². The van der Waals surface area contributed by atoms with Crippen LogP contribution in [0.25, 0.3) is 0 Å². The largest absolute Gasteiger partial charge is 0.481 e. The van der Waals surface area contributed by atoms with Crippen molar-refractivity contribution < 1.29 is 19.4 Å². The van der Waals surface area contributed by atoms with Crippen LogP contribution in [0.4, 0.5) is 0 Å². The lowest BCUT2D eigenvalue weighted by molar-refractivity contribution is -0.134. The van der Waals surface area contributed by atoms with Crippen LogP contribution in [0.2, 0.25) is 0 Å². The second kappa shape index (κ2) is 8.55. The summed E-state index contributed by atoms with van der Waals surface area (Å²) in [6, 6.07) is 9.21. The van der Waals surface area contributed by atoms with Gasteiger partial charge in [-0.3, -0.25) is 9.59 Å². The molecule has 0 saturated carbocycles. The smallest absolute Gasteiger partial charge is 0.313 e. The van der Waals surface area contributed by atoms with Crippen LogP contribution >= 0.6 is 11.8 Å². The van der Waals surface area contributed by atoms with E-state index in [0.29, 0.717) is 12.3 Å². The van der Waals surface area contributed by atoms with E-state index in [1.807, 2.05) is 30.3 Å². The second-order valence-electron chi connectivity index (χ2n) is 3.76. The third-order valence-electron chi connectivity index (χ3n) is 2.35. The molecule has 0 fully saturated rings. The Morgan fingerprint density at radius 2 is 2.05 bits per heavy atom. The lowest BCUT2D eigenvalue weighted by Gasteiger charge is -2.15. The number of hydrogen-bond acceptors (Lipinski definition) is 4. The third-order valence-corrected chi connectivity index (χ3v) is 3.29. The number of hydrogen-bond donors (Lipinski definition) is 2. The van der Waals surface area contributed by atoms with Gasteiger partial charge < -0.3 is 15.2 Å². The number of nitrogens with one attached hydrogen (secondary N) is 1. The SMILES string of the molecule is CO[C@@H](C(=O)NCCSCC(=O)O)c1ccccc1. The molecule has 0 aliphatic rings. The molecule has 0 aliphatic heterocycles. The first-order valence-electron chi connectivity index (χ1n) is 5.80. The summed E-state index contributed by atoms with van der Waals surface area (Å²) in [4.78, 5) is 22.2. The molecule has 0 heterocycles. The minimum absolute atomic E-state index is 0.0439. The molecule has 0 spiro atoms. The summed E-state index contributed by atoms with van der Waals surface area (Å²) in [5.74, 6) is -0.467. The van der Waals surface area contributed by atoms with Gasteiger partial charge in [-0.1, -0.05) is 30.3 Å². The number of carboxylic acids is 1. The standard InChI is InChI=1S/C13H17NO4S/c1-18-12(10-5-3-2-4-6-10)13(17)14-7-8-19-9-11(15)16/h2-6,12H,7-9H2,1H3,(H,14,17)(H,15,16)/t12-/m1/s1. The highest BCUT2D eigenvalue weighted by atomic mass is 32.2. The number of amides is 1. The topological polar surface area (TPSA) is 75.6 Å². The summed E-state index contributed by atoms with van der Waals surface area (Å²) < 4.78 is 5.18. The number of methoxy groups -OCH3 is 1. The normalized spacial score (nSPS) is 11.8. The van der Waals surface area contributed by atoms with Crippen LogP contribution in [0.1, 0.15) is 11.7 Å². The van der Waals surface area contributed by atoms with Gasteiger partial charge in [-0.2, -0.15) is 0 Å². The number of carboxylic acid groups (broad SMARTS) is 1. The summed E-state index contributed by atoms with van der Waals surface area (Å²) in [6.45, 7) is 0.420. The van der Waals surface area contributed by atoms with E-state index >= 15 is 0 Å². The van der Waals surface area contributed by atoms with Crippen molar-refractivity contribution in [1.29, 1.82) is 0 Å². The van der Waals surface area contributed by atoms with E-state index in [1.54, 1.807) is 0 Å². The number of rotatable bonds is 8. The summed E-state index contributed by atoms with van der Waals surface area (Å²) in [7, 11) is 1.48. The number of aliphatic carboxylic acids is 1. The van der Waals surface area contributed by atoms with Crippen molar-refractivity contribution >= 4 is 23.6 Å². The first-order chi connectivity index (χ1) is 9.15. The molecule has 1 atom stereocenters. The Morgan fingerprint density at radius 3 is 2.63 bits per heavy atom. The van der Waals surface area contributed by atoms with Crippen LogP contribution in [-0.2, 0) is 14.3 Å². The molecule has 5 nitrogen and oxygen atoms in total. The molecular weight excluding hydrogens is 266 g/mol. The zero-order chi connectivity index (χ0) is 14.1. The van der Waals surface area contributed by atoms with Crippen LogP contribution in [-0.4, -0.2) is 42.1 Å². The van der Waals surface area contributed by atoms with Crippen LogP contribution in [0.3, 0.4) is 0 Å². The summed E-state index contributed by atoms with van der Waals surface area (Å²) in [6.07, 6.45) is -0.634. The molecule has 0 radical (unpaired) electrons. The molecule has 1 rings (SSSR count). The average molecular weight is 283 g/mol. The molecule has 0 unspecified atom stereocenters. The van der Waals surface area contributed by atoms with Crippen molar-refractivity contribution in [3.05, 3.63) is 35.9 Å². The predicted molar refractivity (Wildman–Crippen MR) is 74.2 cm³/mol. The summed E-state index contributed by atoms with van der Waals surface area (Å²) >= 11 is 1.26. The van der Waals surface area contributed by atoms with Crippen LogP contribution in [0.15, 0.2) is 30.3 Å². The molecule has 0 bridgehead atoms. The van der Waals surface area contributed by atoms with E-state index in [2.05, 4.69) is 5.32 Å². The van der Waals surface area contributed by atoms with Crippen molar-refractivity contribution in [3.63, 3.8) is 0 Å². The highest BCUT2D eigenvalue weighted by Crippen LogP contribution is 2.15. The molecule has 1 aromatic carbocycles. The van der Waals surface area contributed by atoms with Crippen molar-refractivity contribution in [2.45, 2.75) is 6.10 Å². The van der Waals surface area contributed by atoms with Gasteiger partial charge in [0.15, 0.2) is 6.10 Å². The first kappa shape index (κ1) is 15.5. The van der Waals surface area contributed by atoms with Gasteiger partial charge in [0.1, 0.15) is 0 Å². The lowest BCUT2D eigenvalue weighted by atomic mass is 10.1. The third kappa shape index (κ3) is 5.76. The van der Waals surface area contributed by atoms with Gasteiger partial charge in [-0.15, -0.1) is 11.8 Å². The Morgan fingerprint density at radius 1 is 1.37 bits per heavy atom. The highest BCUT2D eigenvalue weighted by Gasteiger charge is 2.18. The quantitative estimate of drug-likeness (QED) is 0.704. The monoisotopic (exact) mass is 283 g/mol.